The van der Waals surface area contributed by atoms with E-state index in [9.17, 15) is 10.1 Å². The fourth-order valence-corrected chi connectivity index (χ4v) is 5.26. The van der Waals surface area contributed by atoms with Gasteiger partial charge in [0.05, 0.1) is 23.9 Å². The summed E-state index contributed by atoms with van der Waals surface area (Å²) in [6.45, 7) is 1.97. The molecule has 0 aromatic heterocycles. The third-order valence-corrected chi connectivity index (χ3v) is 7.44. The number of amides is 1. The van der Waals surface area contributed by atoms with E-state index in [1.54, 1.807) is 6.07 Å². The Morgan fingerprint density at radius 1 is 1.05 bits per heavy atom. The van der Waals surface area contributed by atoms with Crippen LogP contribution in [-0.4, -0.2) is 51.8 Å². The summed E-state index contributed by atoms with van der Waals surface area (Å²) in [6, 6.07) is 28.5. The van der Waals surface area contributed by atoms with Crippen molar-refractivity contribution >= 4 is 11.8 Å². The monoisotopic (exact) mass is 512 g/mol. The van der Waals surface area contributed by atoms with Crippen LogP contribution >= 0.6 is 0 Å². The molecule has 7 heteroatoms. The first-order chi connectivity index (χ1) is 18.5. The van der Waals surface area contributed by atoms with Gasteiger partial charge in [0.25, 0.3) is 0 Å². The standard InChI is InChI=1S/C31H36N4O3/c1-33-30(36)37-21-16-28(25-11-9-10-24(22-25)23-32)38-29-15-8-7-14-27(29)35-19-17-31(18-20-35,34(2)3)26-12-5-4-6-13-26/h4-15,22,28H,16-21H2,1-3H3,(H,33,36). The van der Waals surface area contributed by atoms with E-state index in [0.717, 1.165) is 42.9 Å². The molecule has 1 fully saturated rings. The van der Waals surface area contributed by atoms with Gasteiger partial charge in [0.15, 0.2) is 0 Å². The molecule has 1 aliphatic heterocycles. The Kier molecular flexibility index (Phi) is 8.88. The summed E-state index contributed by atoms with van der Waals surface area (Å²) in [4.78, 5) is 16.4. The van der Waals surface area contributed by atoms with Crippen molar-refractivity contribution in [1.82, 2.24) is 10.2 Å². The van der Waals surface area contributed by atoms with E-state index >= 15 is 0 Å². The molecule has 1 saturated heterocycles. The van der Waals surface area contributed by atoms with Crippen molar-refractivity contribution in [3.8, 4) is 11.8 Å². The second-order valence-electron chi connectivity index (χ2n) is 9.77. The lowest BCUT2D eigenvalue weighted by atomic mass is 9.79. The van der Waals surface area contributed by atoms with Gasteiger partial charge in [-0.15, -0.1) is 0 Å². The van der Waals surface area contributed by atoms with Crippen LogP contribution in [0.1, 0.15) is 42.1 Å². The molecule has 0 bridgehead atoms. The first kappa shape index (κ1) is 27.0. The first-order valence-electron chi connectivity index (χ1n) is 13.0. The summed E-state index contributed by atoms with van der Waals surface area (Å²) >= 11 is 0. The minimum absolute atomic E-state index is 0.00891. The van der Waals surface area contributed by atoms with Crippen LogP contribution in [-0.2, 0) is 10.3 Å². The lowest BCUT2D eigenvalue weighted by molar-refractivity contribution is 0.113. The van der Waals surface area contributed by atoms with E-state index in [1.807, 2.05) is 36.4 Å². The highest BCUT2D eigenvalue weighted by molar-refractivity contribution is 5.66. The maximum Gasteiger partial charge on any atom is 0.406 e. The Morgan fingerprint density at radius 2 is 1.76 bits per heavy atom. The number of rotatable bonds is 9. The van der Waals surface area contributed by atoms with Gasteiger partial charge in [0.1, 0.15) is 11.9 Å². The van der Waals surface area contributed by atoms with Crippen LogP contribution in [0.5, 0.6) is 5.75 Å². The Bertz CT molecular complexity index is 1250. The zero-order chi connectivity index (χ0) is 27.0. The topological polar surface area (TPSA) is 77.8 Å². The highest BCUT2D eigenvalue weighted by Crippen LogP contribution is 2.41. The highest BCUT2D eigenvalue weighted by Gasteiger charge is 2.38. The predicted molar refractivity (Wildman–Crippen MR) is 149 cm³/mol. The van der Waals surface area contributed by atoms with Crippen LogP contribution in [0, 0.1) is 11.3 Å². The fraction of sp³-hybridized carbons (Fsp3) is 0.355. The maximum atomic E-state index is 11.6. The molecule has 1 amide bonds. The molecule has 1 aliphatic rings. The number of nitrogens with one attached hydrogen (secondary N) is 1. The smallest absolute Gasteiger partial charge is 0.406 e. The molecule has 0 spiro atoms. The largest absolute Gasteiger partial charge is 0.483 e. The zero-order valence-corrected chi connectivity index (χ0v) is 22.4. The van der Waals surface area contributed by atoms with Crippen molar-refractivity contribution in [2.75, 3.05) is 45.7 Å². The van der Waals surface area contributed by atoms with Gasteiger partial charge in [0.2, 0.25) is 0 Å². The van der Waals surface area contributed by atoms with Crippen LogP contribution in [0.4, 0.5) is 10.5 Å². The van der Waals surface area contributed by atoms with E-state index in [2.05, 4.69) is 71.7 Å². The van der Waals surface area contributed by atoms with Gasteiger partial charge in [-0.1, -0.05) is 54.6 Å². The molecule has 0 saturated carbocycles. The molecule has 3 aromatic rings. The number of piperidine rings is 1. The van der Waals surface area contributed by atoms with Crippen LogP contribution in [0.25, 0.3) is 0 Å². The second kappa shape index (κ2) is 12.5. The number of ether oxygens (including phenoxy) is 2. The van der Waals surface area contributed by atoms with Crippen molar-refractivity contribution in [2.45, 2.75) is 30.9 Å². The Hall–Kier alpha value is -4.02. The highest BCUT2D eigenvalue weighted by atomic mass is 16.5. The third kappa shape index (κ3) is 6.09. The minimum atomic E-state index is -0.481. The van der Waals surface area contributed by atoms with Crippen LogP contribution in [0.3, 0.4) is 0 Å². The molecule has 0 aliphatic carbocycles. The number of nitriles is 1. The van der Waals surface area contributed by atoms with Crippen molar-refractivity contribution < 1.29 is 14.3 Å². The molecule has 3 aromatic carbocycles. The predicted octanol–water partition coefficient (Wildman–Crippen LogP) is 5.48. The van der Waals surface area contributed by atoms with Gasteiger partial charge in [0, 0.05) is 32.1 Å². The Labute approximate surface area is 225 Å². The summed E-state index contributed by atoms with van der Waals surface area (Å²) in [5.41, 5.74) is 3.82. The number of carbonyl (C=O) groups excluding carboxylic acids is 1. The zero-order valence-electron chi connectivity index (χ0n) is 22.4. The first-order valence-corrected chi connectivity index (χ1v) is 13.0. The molecule has 1 N–H and O–H groups in total. The molecule has 1 heterocycles. The summed E-state index contributed by atoms with van der Waals surface area (Å²) in [5.74, 6) is 0.775. The maximum absolute atomic E-state index is 11.6. The average molecular weight is 513 g/mol. The fourth-order valence-electron chi connectivity index (χ4n) is 5.26. The molecular formula is C31H36N4O3. The summed E-state index contributed by atoms with van der Waals surface area (Å²) in [5, 5.41) is 11.9. The van der Waals surface area contributed by atoms with E-state index in [1.165, 1.54) is 12.6 Å². The van der Waals surface area contributed by atoms with Gasteiger partial charge in [-0.05, 0) is 62.3 Å². The molecule has 0 radical (unpaired) electrons. The van der Waals surface area contributed by atoms with Crippen molar-refractivity contribution in [3.05, 3.63) is 95.6 Å². The lowest BCUT2D eigenvalue weighted by Crippen LogP contribution is -2.50. The van der Waals surface area contributed by atoms with E-state index in [-0.39, 0.29) is 18.2 Å². The van der Waals surface area contributed by atoms with Gasteiger partial charge in [-0.2, -0.15) is 5.26 Å². The minimum Gasteiger partial charge on any atom is -0.483 e. The van der Waals surface area contributed by atoms with Crippen molar-refractivity contribution in [1.29, 1.82) is 5.26 Å². The van der Waals surface area contributed by atoms with Gasteiger partial charge in [-0.25, -0.2) is 4.79 Å². The summed E-state index contributed by atoms with van der Waals surface area (Å²) < 4.78 is 11.9. The normalized spacial score (nSPS) is 15.4. The van der Waals surface area contributed by atoms with E-state index in [0.29, 0.717) is 12.0 Å². The molecule has 4 rings (SSSR count). The molecule has 38 heavy (non-hydrogen) atoms. The van der Waals surface area contributed by atoms with Crippen molar-refractivity contribution in [3.63, 3.8) is 0 Å². The van der Waals surface area contributed by atoms with Gasteiger partial charge in [-0.3, -0.25) is 4.90 Å². The van der Waals surface area contributed by atoms with Crippen LogP contribution in [0.2, 0.25) is 0 Å². The number of anilines is 1. The number of nitrogens with zero attached hydrogens (tertiary/aromatic N) is 3. The summed E-state index contributed by atoms with van der Waals surface area (Å²) in [6.07, 6.45) is 1.57. The molecule has 198 valence electrons. The SMILES string of the molecule is CNC(=O)OCCC(Oc1ccccc1N1CCC(c2ccccc2)(N(C)C)CC1)c1cccc(C#N)c1. The number of benzene rings is 3. The Balaban J connectivity index is 1.55. The Morgan fingerprint density at radius 3 is 2.45 bits per heavy atom. The van der Waals surface area contributed by atoms with Crippen LogP contribution in [0.15, 0.2) is 78.9 Å². The number of alkyl carbamates (subject to hydrolysis) is 1. The van der Waals surface area contributed by atoms with Gasteiger partial charge < -0.3 is 19.7 Å². The number of carbonyl (C=O) groups is 1. The molecule has 1 unspecified atom stereocenters. The molecular weight excluding hydrogens is 476 g/mol. The third-order valence-electron chi connectivity index (χ3n) is 7.44. The van der Waals surface area contributed by atoms with E-state index in [4.69, 9.17) is 9.47 Å². The number of hydrogen-bond acceptors (Lipinski definition) is 6. The quantitative estimate of drug-likeness (QED) is 0.409. The summed E-state index contributed by atoms with van der Waals surface area (Å²) in [7, 11) is 5.87. The molecule has 1 atom stereocenters. The number of para-hydroxylation sites is 2. The average Bonchev–Trinajstić information content (AvgIpc) is 2.97. The number of hydrogen-bond donors (Lipinski definition) is 1. The van der Waals surface area contributed by atoms with Crippen LogP contribution < -0.4 is 15.0 Å². The second-order valence-corrected chi connectivity index (χ2v) is 9.77. The van der Waals surface area contributed by atoms with E-state index < -0.39 is 6.09 Å². The lowest BCUT2D eigenvalue weighted by Gasteiger charge is -2.47. The van der Waals surface area contributed by atoms with Gasteiger partial charge >= 0.3 is 6.09 Å². The molecule has 7 nitrogen and oxygen atoms in total. The van der Waals surface area contributed by atoms with Crippen molar-refractivity contribution in [2.24, 2.45) is 0 Å².